The van der Waals surface area contributed by atoms with Crippen LogP contribution in [0.3, 0.4) is 0 Å². The standard InChI is InChI=1S/C12H15NO3/c1-8(7-14)9-4-10(6-13)12(16-3)11(5-9)15-2/h4-5,8,14H,7H2,1-3H3. The topological polar surface area (TPSA) is 62.5 Å². The molecule has 0 heterocycles. The van der Waals surface area contributed by atoms with Crippen LogP contribution in [0.4, 0.5) is 0 Å². The molecule has 0 fully saturated rings. The number of benzene rings is 1. The lowest BCUT2D eigenvalue weighted by atomic mass is 9.99. The van der Waals surface area contributed by atoms with Gasteiger partial charge >= 0.3 is 0 Å². The highest BCUT2D eigenvalue weighted by molar-refractivity contribution is 5.55. The highest BCUT2D eigenvalue weighted by Gasteiger charge is 2.14. The van der Waals surface area contributed by atoms with Crippen molar-refractivity contribution in [1.29, 1.82) is 5.26 Å². The van der Waals surface area contributed by atoms with Gasteiger partial charge in [0.25, 0.3) is 0 Å². The van der Waals surface area contributed by atoms with Gasteiger partial charge in [-0.2, -0.15) is 5.26 Å². The Kier molecular flexibility index (Phi) is 4.15. The van der Waals surface area contributed by atoms with E-state index in [-0.39, 0.29) is 12.5 Å². The molecule has 0 aliphatic carbocycles. The molecule has 1 aromatic carbocycles. The van der Waals surface area contributed by atoms with Crippen LogP contribution in [0, 0.1) is 11.3 Å². The third-order valence-corrected chi connectivity index (χ3v) is 2.46. The predicted molar refractivity (Wildman–Crippen MR) is 59.8 cm³/mol. The van der Waals surface area contributed by atoms with Gasteiger partial charge in [0.2, 0.25) is 0 Å². The van der Waals surface area contributed by atoms with Crippen molar-refractivity contribution in [3.05, 3.63) is 23.3 Å². The van der Waals surface area contributed by atoms with Gasteiger partial charge in [0.05, 0.1) is 19.8 Å². The molecule has 0 saturated carbocycles. The van der Waals surface area contributed by atoms with Crippen molar-refractivity contribution in [3.63, 3.8) is 0 Å². The molecule has 1 aromatic rings. The van der Waals surface area contributed by atoms with E-state index in [1.165, 1.54) is 14.2 Å². The van der Waals surface area contributed by atoms with Crippen LogP contribution in [-0.4, -0.2) is 25.9 Å². The van der Waals surface area contributed by atoms with E-state index in [4.69, 9.17) is 19.8 Å². The number of hydrogen-bond acceptors (Lipinski definition) is 4. The Morgan fingerprint density at radius 1 is 1.38 bits per heavy atom. The van der Waals surface area contributed by atoms with Crippen molar-refractivity contribution in [2.24, 2.45) is 0 Å². The van der Waals surface area contributed by atoms with Gasteiger partial charge in [0, 0.05) is 12.5 Å². The molecule has 4 heteroatoms. The van der Waals surface area contributed by atoms with Gasteiger partial charge in [-0.25, -0.2) is 0 Å². The lowest BCUT2D eigenvalue weighted by Crippen LogP contribution is -2.02. The number of rotatable bonds is 4. The van der Waals surface area contributed by atoms with Crippen LogP contribution < -0.4 is 9.47 Å². The molecule has 0 amide bonds. The first-order valence-corrected chi connectivity index (χ1v) is 4.94. The average Bonchev–Trinajstić information content (AvgIpc) is 2.35. The summed E-state index contributed by atoms with van der Waals surface area (Å²) in [5, 5.41) is 18.1. The zero-order valence-electron chi connectivity index (χ0n) is 9.65. The van der Waals surface area contributed by atoms with Gasteiger partial charge in [0.15, 0.2) is 11.5 Å². The highest BCUT2D eigenvalue weighted by Crippen LogP contribution is 2.34. The minimum Gasteiger partial charge on any atom is -0.493 e. The van der Waals surface area contributed by atoms with Crippen LogP contribution in [0.1, 0.15) is 24.0 Å². The number of ether oxygens (including phenoxy) is 2. The maximum atomic E-state index is 9.09. The van der Waals surface area contributed by atoms with Crippen LogP contribution >= 0.6 is 0 Å². The van der Waals surface area contributed by atoms with Crippen molar-refractivity contribution in [1.82, 2.24) is 0 Å². The number of aliphatic hydroxyl groups excluding tert-OH is 1. The van der Waals surface area contributed by atoms with Crippen molar-refractivity contribution < 1.29 is 14.6 Å². The monoisotopic (exact) mass is 221 g/mol. The predicted octanol–water partition coefficient (Wildman–Crippen LogP) is 1.67. The van der Waals surface area contributed by atoms with Crippen molar-refractivity contribution >= 4 is 0 Å². The van der Waals surface area contributed by atoms with E-state index in [1.807, 2.05) is 6.92 Å². The lowest BCUT2D eigenvalue weighted by Gasteiger charge is -2.14. The Labute approximate surface area is 95.0 Å². The van der Waals surface area contributed by atoms with Gasteiger partial charge in [-0.15, -0.1) is 0 Å². The first-order valence-electron chi connectivity index (χ1n) is 4.94. The zero-order chi connectivity index (χ0) is 12.1. The molecule has 0 bridgehead atoms. The summed E-state index contributed by atoms with van der Waals surface area (Å²) in [6.45, 7) is 1.91. The van der Waals surface area contributed by atoms with Crippen LogP contribution in [0.5, 0.6) is 11.5 Å². The highest BCUT2D eigenvalue weighted by atomic mass is 16.5. The molecule has 0 aliphatic rings. The summed E-state index contributed by atoms with van der Waals surface area (Å²) in [6.07, 6.45) is 0. The van der Waals surface area contributed by atoms with E-state index in [0.29, 0.717) is 17.1 Å². The fourth-order valence-electron chi connectivity index (χ4n) is 1.46. The van der Waals surface area contributed by atoms with Crippen molar-refractivity contribution in [3.8, 4) is 17.6 Å². The Morgan fingerprint density at radius 2 is 2.06 bits per heavy atom. The molecule has 1 unspecified atom stereocenters. The fraction of sp³-hybridized carbons (Fsp3) is 0.417. The Hall–Kier alpha value is -1.73. The van der Waals surface area contributed by atoms with Crippen LogP contribution in [0.25, 0.3) is 0 Å². The summed E-state index contributed by atoms with van der Waals surface area (Å²) < 4.78 is 10.3. The second kappa shape index (κ2) is 5.38. The third-order valence-electron chi connectivity index (χ3n) is 2.46. The average molecular weight is 221 g/mol. The molecule has 0 spiro atoms. The second-order valence-corrected chi connectivity index (χ2v) is 3.50. The summed E-state index contributed by atoms with van der Waals surface area (Å²) in [7, 11) is 3.01. The lowest BCUT2D eigenvalue weighted by molar-refractivity contribution is 0.272. The number of aliphatic hydroxyl groups is 1. The van der Waals surface area contributed by atoms with Crippen LogP contribution in [0.2, 0.25) is 0 Å². The maximum absolute atomic E-state index is 9.09. The van der Waals surface area contributed by atoms with Crippen molar-refractivity contribution in [2.75, 3.05) is 20.8 Å². The molecule has 1 rings (SSSR count). The number of hydrogen-bond donors (Lipinski definition) is 1. The molecule has 16 heavy (non-hydrogen) atoms. The van der Waals surface area contributed by atoms with Gasteiger partial charge in [-0.3, -0.25) is 0 Å². The summed E-state index contributed by atoms with van der Waals surface area (Å²) in [5.41, 5.74) is 1.27. The van der Waals surface area contributed by atoms with E-state index in [9.17, 15) is 0 Å². The smallest absolute Gasteiger partial charge is 0.178 e. The Bertz CT molecular complexity index is 409. The molecule has 0 aromatic heterocycles. The fourth-order valence-corrected chi connectivity index (χ4v) is 1.46. The molecule has 0 radical (unpaired) electrons. The molecule has 0 saturated heterocycles. The summed E-state index contributed by atoms with van der Waals surface area (Å²) in [4.78, 5) is 0. The van der Waals surface area contributed by atoms with E-state index in [1.54, 1.807) is 12.1 Å². The number of nitriles is 1. The van der Waals surface area contributed by atoms with E-state index in [0.717, 1.165) is 5.56 Å². The first kappa shape index (κ1) is 12.3. The largest absolute Gasteiger partial charge is 0.493 e. The van der Waals surface area contributed by atoms with Gasteiger partial charge in [-0.1, -0.05) is 6.92 Å². The molecular formula is C12H15NO3. The van der Waals surface area contributed by atoms with Gasteiger partial charge < -0.3 is 14.6 Å². The minimum absolute atomic E-state index is 0.0281. The third kappa shape index (κ3) is 2.26. The molecule has 86 valence electrons. The van der Waals surface area contributed by atoms with Gasteiger partial charge in [0.1, 0.15) is 6.07 Å². The van der Waals surface area contributed by atoms with E-state index < -0.39 is 0 Å². The van der Waals surface area contributed by atoms with E-state index >= 15 is 0 Å². The number of methoxy groups -OCH3 is 2. The van der Waals surface area contributed by atoms with Gasteiger partial charge in [-0.05, 0) is 17.7 Å². The normalized spacial score (nSPS) is 11.7. The minimum atomic E-state index is -0.0353. The quantitative estimate of drug-likeness (QED) is 0.840. The molecular weight excluding hydrogens is 206 g/mol. The number of nitrogens with zero attached hydrogens (tertiary/aromatic N) is 1. The summed E-state index contributed by atoms with van der Waals surface area (Å²) >= 11 is 0. The first-order chi connectivity index (χ1) is 7.67. The SMILES string of the molecule is COc1cc(C(C)CO)cc(C#N)c1OC. The second-order valence-electron chi connectivity index (χ2n) is 3.50. The zero-order valence-corrected chi connectivity index (χ0v) is 9.65. The molecule has 4 nitrogen and oxygen atoms in total. The summed E-state index contributed by atoms with van der Waals surface area (Å²) in [6, 6.07) is 5.54. The van der Waals surface area contributed by atoms with E-state index in [2.05, 4.69) is 6.07 Å². The Morgan fingerprint density at radius 3 is 2.50 bits per heavy atom. The maximum Gasteiger partial charge on any atom is 0.178 e. The molecule has 0 aliphatic heterocycles. The molecule has 1 atom stereocenters. The van der Waals surface area contributed by atoms with Crippen LogP contribution in [-0.2, 0) is 0 Å². The Balaban J connectivity index is 3.32. The molecule has 1 N–H and O–H groups in total. The van der Waals surface area contributed by atoms with Crippen LogP contribution in [0.15, 0.2) is 12.1 Å². The summed E-state index contributed by atoms with van der Waals surface area (Å²) in [5.74, 6) is 0.905. The van der Waals surface area contributed by atoms with Crippen molar-refractivity contribution in [2.45, 2.75) is 12.8 Å².